The molecule has 0 bridgehead atoms. The van der Waals surface area contributed by atoms with Crippen LogP contribution in [0, 0.1) is 16.0 Å². The summed E-state index contributed by atoms with van der Waals surface area (Å²) >= 11 is 0. The minimum absolute atomic E-state index is 0.0785. The molecule has 2 N–H and O–H groups in total. The highest BCUT2D eigenvalue weighted by Gasteiger charge is 2.33. The largest absolute Gasteiger partial charge is 0.481 e. The van der Waals surface area contributed by atoms with Crippen molar-refractivity contribution in [1.29, 1.82) is 0 Å². The number of nitro groups is 1. The number of hydrogen-bond donors (Lipinski definition) is 2. The monoisotopic (exact) mass is 306 g/mol. The summed E-state index contributed by atoms with van der Waals surface area (Å²) in [5, 5.41) is 22.0. The van der Waals surface area contributed by atoms with Gasteiger partial charge in [-0.1, -0.05) is 6.92 Å². The molecule has 0 spiro atoms. The van der Waals surface area contributed by atoms with Crippen LogP contribution in [0.4, 0.5) is 24.5 Å². The summed E-state index contributed by atoms with van der Waals surface area (Å²) in [4.78, 5) is 20.4. The predicted molar refractivity (Wildman–Crippen MR) is 68.0 cm³/mol. The first-order chi connectivity index (χ1) is 9.61. The van der Waals surface area contributed by atoms with Gasteiger partial charge in [-0.2, -0.15) is 13.2 Å². The second-order valence-electron chi connectivity index (χ2n) is 4.57. The van der Waals surface area contributed by atoms with E-state index in [9.17, 15) is 28.1 Å². The molecule has 1 unspecified atom stereocenters. The minimum atomic E-state index is -4.67. The standard InChI is InChI=1S/C12H13F3N2O4/c1-7(4-11(18)19)6-16-9-3-2-8(12(13,14)15)5-10(9)17(20)21/h2-3,5,7,16H,4,6H2,1H3,(H,18,19). The number of carboxylic acids is 1. The summed E-state index contributed by atoms with van der Waals surface area (Å²) in [6.45, 7) is 1.70. The van der Waals surface area contributed by atoms with E-state index < -0.39 is 28.3 Å². The highest BCUT2D eigenvalue weighted by Crippen LogP contribution is 2.35. The van der Waals surface area contributed by atoms with Crippen LogP contribution in [0.2, 0.25) is 0 Å². The Kier molecular flexibility index (Phi) is 5.12. The fraction of sp³-hybridized carbons (Fsp3) is 0.417. The van der Waals surface area contributed by atoms with Crippen LogP contribution in [0.5, 0.6) is 0 Å². The molecule has 0 saturated heterocycles. The highest BCUT2D eigenvalue weighted by atomic mass is 19.4. The van der Waals surface area contributed by atoms with Gasteiger partial charge in [0.2, 0.25) is 0 Å². The van der Waals surface area contributed by atoms with Crippen molar-refractivity contribution >= 4 is 17.3 Å². The van der Waals surface area contributed by atoms with Crippen LogP contribution in [0.25, 0.3) is 0 Å². The molecule has 0 fully saturated rings. The van der Waals surface area contributed by atoms with Gasteiger partial charge in [-0.25, -0.2) is 0 Å². The Bertz CT molecular complexity index is 546. The number of halogens is 3. The van der Waals surface area contributed by atoms with Crippen molar-refractivity contribution in [3.63, 3.8) is 0 Å². The zero-order chi connectivity index (χ0) is 16.2. The summed E-state index contributed by atoms with van der Waals surface area (Å²) in [5.74, 6) is -1.35. The van der Waals surface area contributed by atoms with Crippen molar-refractivity contribution in [2.75, 3.05) is 11.9 Å². The third kappa shape index (κ3) is 4.93. The number of alkyl halides is 3. The molecule has 1 rings (SSSR count). The second kappa shape index (κ2) is 6.42. The summed E-state index contributed by atoms with van der Waals surface area (Å²) in [6.07, 6.45) is -4.82. The normalized spacial score (nSPS) is 12.8. The van der Waals surface area contributed by atoms with Crippen LogP contribution in [0.3, 0.4) is 0 Å². The number of hydrogen-bond acceptors (Lipinski definition) is 4. The lowest BCUT2D eigenvalue weighted by atomic mass is 10.1. The van der Waals surface area contributed by atoms with Crippen LogP contribution in [0.15, 0.2) is 18.2 Å². The van der Waals surface area contributed by atoms with Crippen LogP contribution in [-0.4, -0.2) is 22.5 Å². The number of nitrogens with one attached hydrogen (secondary N) is 1. The number of aliphatic carboxylic acids is 1. The van der Waals surface area contributed by atoms with Gasteiger partial charge in [0.05, 0.1) is 10.5 Å². The van der Waals surface area contributed by atoms with E-state index in [4.69, 9.17) is 5.11 Å². The number of carbonyl (C=O) groups is 1. The lowest BCUT2D eigenvalue weighted by Gasteiger charge is -2.13. The molecule has 1 aromatic rings. The van der Waals surface area contributed by atoms with Gasteiger partial charge in [-0.05, 0) is 18.1 Å². The molecule has 6 nitrogen and oxygen atoms in total. The van der Waals surface area contributed by atoms with E-state index in [0.29, 0.717) is 6.07 Å². The van der Waals surface area contributed by atoms with Gasteiger partial charge in [0.25, 0.3) is 5.69 Å². The van der Waals surface area contributed by atoms with E-state index in [1.807, 2.05) is 0 Å². The first kappa shape index (κ1) is 16.7. The second-order valence-corrected chi connectivity index (χ2v) is 4.57. The van der Waals surface area contributed by atoms with E-state index in [0.717, 1.165) is 12.1 Å². The van der Waals surface area contributed by atoms with Crippen LogP contribution < -0.4 is 5.32 Å². The van der Waals surface area contributed by atoms with Crippen LogP contribution >= 0.6 is 0 Å². The smallest absolute Gasteiger partial charge is 0.416 e. The number of nitro benzene ring substituents is 1. The maximum atomic E-state index is 12.5. The number of carboxylic acid groups (broad SMARTS) is 1. The number of benzene rings is 1. The Labute approximate surface area is 117 Å². The molecular weight excluding hydrogens is 293 g/mol. The van der Waals surface area contributed by atoms with Gasteiger partial charge in [0, 0.05) is 19.0 Å². The fourth-order valence-electron chi connectivity index (χ4n) is 1.66. The number of rotatable bonds is 6. The quantitative estimate of drug-likeness (QED) is 0.622. The van der Waals surface area contributed by atoms with Gasteiger partial charge in [-0.15, -0.1) is 0 Å². The Morgan fingerprint density at radius 1 is 1.48 bits per heavy atom. The van der Waals surface area contributed by atoms with E-state index >= 15 is 0 Å². The van der Waals surface area contributed by atoms with Gasteiger partial charge in [-0.3, -0.25) is 14.9 Å². The molecular formula is C12H13F3N2O4. The fourth-order valence-corrected chi connectivity index (χ4v) is 1.66. The average Bonchev–Trinajstić information content (AvgIpc) is 2.34. The average molecular weight is 306 g/mol. The topological polar surface area (TPSA) is 92.5 Å². The zero-order valence-corrected chi connectivity index (χ0v) is 11.0. The molecule has 0 saturated carbocycles. The van der Waals surface area contributed by atoms with Crippen molar-refractivity contribution in [1.82, 2.24) is 0 Å². The zero-order valence-electron chi connectivity index (χ0n) is 11.0. The number of nitrogens with zero attached hydrogens (tertiary/aromatic N) is 1. The first-order valence-electron chi connectivity index (χ1n) is 5.92. The molecule has 1 atom stereocenters. The van der Waals surface area contributed by atoms with Gasteiger partial charge in [0.1, 0.15) is 5.69 Å². The van der Waals surface area contributed by atoms with Crippen molar-refractivity contribution in [2.45, 2.75) is 19.5 Å². The van der Waals surface area contributed by atoms with E-state index in [1.54, 1.807) is 6.92 Å². The Balaban J connectivity index is 2.92. The summed E-state index contributed by atoms with van der Waals surface area (Å²) < 4.78 is 37.5. The third-order valence-electron chi connectivity index (χ3n) is 2.69. The Hall–Kier alpha value is -2.32. The summed E-state index contributed by atoms with van der Waals surface area (Å²) in [7, 11) is 0. The van der Waals surface area contributed by atoms with Crippen LogP contribution in [-0.2, 0) is 11.0 Å². The van der Waals surface area contributed by atoms with E-state index in [1.165, 1.54) is 0 Å². The predicted octanol–water partition coefficient (Wildman–Crippen LogP) is 3.14. The van der Waals surface area contributed by atoms with Crippen molar-refractivity contribution in [2.24, 2.45) is 5.92 Å². The molecule has 116 valence electrons. The van der Waals surface area contributed by atoms with Gasteiger partial charge in [0.15, 0.2) is 0 Å². The third-order valence-corrected chi connectivity index (χ3v) is 2.69. The van der Waals surface area contributed by atoms with Crippen molar-refractivity contribution in [3.05, 3.63) is 33.9 Å². The summed E-state index contributed by atoms with van der Waals surface area (Å²) in [6, 6.07) is 2.15. The molecule has 1 aromatic carbocycles. The molecule has 0 heterocycles. The molecule has 0 aliphatic carbocycles. The lowest BCUT2D eigenvalue weighted by molar-refractivity contribution is -0.384. The molecule has 0 amide bonds. The van der Waals surface area contributed by atoms with Crippen molar-refractivity contribution in [3.8, 4) is 0 Å². The maximum Gasteiger partial charge on any atom is 0.416 e. The molecule has 0 radical (unpaired) electrons. The van der Waals surface area contributed by atoms with Gasteiger partial charge < -0.3 is 10.4 Å². The number of anilines is 1. The minimum Gasteiger partial charge on any atom is -0.481 e. The Morgan fingerprint density at radius 3 is 2.57 bits per heavy atom. The van der Waals surface area contributed by atoms with Gasteiger partial charge >= 0.3 is 12.1 Å². The summed E-state index contributed by atoms with van der Waals surface area (Å²) in [5.41, 5.74) is -1.89. The van der Waals surface area contributed by atoms with E-state index in [-0.39, 0.29) is 24.6 Å². The molecule has 0 aliphatic heterocycles. The Morgan fingerprint density at radius 2 is 2.10 bits per heavy atom. The maximum absolute atomic E-state index is 12.5. The molecule has 0 aliphatic rings. The van der Waals surface area contributed by atoms with E-state index in [2.05, 4.69) is 5.32 Å². The van der Waals surface area contributed by atoms with Crippen molar-refractivity contribution < 1.29 is 28.0 Å². The van der Waals surface area contributed by atoms with Crippen LogP contribution in [0.1, 0.15) is 18.9 Å². The lowest BCUT2D eigenvalue weighted by Crippen LogP contribution is -2.16. The molecule has 21 heavy (non-hydrogen) atoms. The SMILES string of the molecule is CC(CNc1ccc(C(F)(F)F)cc1[N+](=O)[O-])CC(=O)O. The highest BCUT2D eigenvalue weighted by molar-refractivity contribution is 5.67. The molecule has 0 aromatic heterocycles. The molecule has 9 heteroatoms. The first-order valence-corrected chi connectivity index (χ1v) is 5.92.